The summed E-state index contributed by atoms with van der Waals surface area (Å²) < 4.78 is 5.82. The third-order valence-electron chi connectivity index (χ3n) is 4.86. The van der Waals surface area contributed by atoms with Crippen LogP contribution in [0.25, 0.3) is 11.3 Å². The molecule has 4 nitrogen and oxygen atoms in total. The van der Waals surface area contributed by atoms with Gasteiger partial charge in [0.2, 0.25) is 5.91 Å². The van der Waals surface area contributed by atoms with Gasteiger partial charge in [-0.3, -0.25) is 4.79 Å². The fourth-order valence-corrected chi connectivity index (χ4v) is 3.39. The van der Waals surface area contributed by atoms with E-state index >= 15 is 0 Å². The third kappa shape index (κ3) is 3.86. The van der Waals surface area contributed by atoms with Crippen molar-refractivity contribution < 1.29 is 9.21 Å². The van der Waals surface area contributed by atoms with Crippen LogP contribution < -0.4 is 0 Å². The molecule has 1 aromatic carbocycles. The molecule has 1 unspecified atom stereocenters. The third-order valence-corrected chi connectivity index (χ3v) is 4.86. The predicted molar refractivity (Wildman–Crippen MR) is 94.6 cm³/mol. The Hall–Kier alpha value is -2.10. The molecule has 0 radical (unpaired) electrons. The summed E-state index contributed by atoms with van der Waals surface area (Å²) >= 11 is 0. The van der Waals surface area contributed by atoms with Crippen molar-refractivity contribution in [1.82, 2.24) is 9.88 Å². The summed E-state index contributed by atoms with van der Waals surface area (Å²) in [6.45, 7) is 5.13. The van der Waals surface area contributed by atoms with E-state index < -0.39 is 0 Å². The topological polar surface area (TPSA) is 46.3 Å². The van der Waals surface area contributed by atoms with Crippen molar-refractivity contribution in [1.29, 1.82) is 0 Å². The summed E-state index contributed by atoms with van der Waals surface area (Å²) in [6, 6.07) is 8.60. The zero-order valence-corrected chi connectivity index (χ0v) is 14.6. The Morgan fingerprint density at radius 3 is 2.83 bits per heavy atom. The van der Waals surface area contributed by atoms with Gasteiger partial charge >= 0.3 is 0 Å². The fourth-order valence-electron chi connectivity index (χ4n) is 3.39. The van der Waals surface area contributed by atoms with Gasteiger partial charge in [0.05, 0.1) is 6.20 Å². The van der Waals surface area contributed by atoms with Crippen LogP contribution in [0.15, 0.2) is 34.9 Å². The lowest BCUT2D eigenvalue weighted by Gasteiger charge is -2.35. The fraction of sp³-hybridized carbons (Fsp3) is 0.500. The van der Waals surface area contributed by atoms with Gasteiger partial charge < -0.3 is 9.32 Å². The Morgan fingerprint density at radius 2 is 2.08 bits per heavy atom. The highest BCUT2D eigenvalue weighted by Gasteiger charge is 2.25. The molecule has 0 spiro atoms. The molecule has 24 heavy (non-hydrogen) atoms. The molecular formula is C20H26N2O2. The Bertz CT molecular complexity index is 675. The lowest BCUT2D eigenvalue weighted by Crippen LogP contribution is -2.43. The predicted octanol–water partition coefficient (Wildman–Crippen LogP) is 4.37. The molecule has 2 aromatic rings. The van der Waals surface area contributed by atoms with E-state index in [1.54, 1.807) is 6.20 Å². The zero-order valence-electron chi connectivity index (χ0n) is 14.6. The van der Waals surface area contributed by atoms with E-state index in [-0.39, 0.29) is 5.91 Å². The van der Waals surface area contributed by atoms with Gasteiger partial charge in [-0.1, -0.05) is 36.8 Å². The van der Waals surface area contributed by atoms with Crippen molar-refractivity contribution in [2.24, 2.45) is 0 Å². The normalized spacial score (nSPS) is 17.9. The van der Waals surface area contributed by atoms with Crippen molar-refractivity contribution >= 4 is 5.91 Å². The van der Waals surface area contributed by atoms with Gasteiger partial charge in [-0.2, -0.15) is 0 Å². The van der Waals surface area contributed by atoms with Crippen LogP contribution in [0.3, 0.4) is 0 Å². The molecule has 1 saturated heterocycles. The molecule has 0 N–H and O–H groups in total. The van der Waals surface area contributed by atoms with Crippen LogP contribution in [-0.2, 0) is 11.2 Å². The number of hydrogen-bond donors (Lipinski definition) is 0. The van der Waals surface area contributed by atoms with Gasteiger partial charge in [0, 0.05) is 31.0 Å². The first kappa shape index (κ1) is 16.7. The van der Waals surface area contributed by atoms with Crippen molar-refractivity contribution in [2.75, 3.05) is 6.54 Å². The molecule has 1 aliphatic heterocycles. The second-order valence-electron chi connectivity index (χ2n) is 6.63. The van der Waals surface area contributed by atoms with Crippen molar-refractivity contribution in [2.45, 2.75) is 58.4 Å². The largest absolute Gasteiger partial charge is 0.441 e. The standard InChI is InChI=1S/C20H26N2O2/c1-3-17-6-4-5-13-22(17)20(23)12-11-19-21-14-18(24-19)16-9-7-15(2)8-10-16/h7-10,14,17H,3-6,11-13H2,1-2H3. The molecule has 0 saturated carbocycles. The molecule has 0 bridgehead atoms. The summed E-state index contributed by atoms with van der Waals surface area (Å²) in [5.74, 6) is 1.64. The maximum absolute atomic E-state index is 12.5. The zero-order chi connectivity index (χ0) is 16.9. The van der Waals surface area contributed by atoms with E-state index in [4.69, 9.17) is 4.42 Å². The second kappa shape index (κ2) is 7.65. The summed E-state index contributed by atoms with van der Waals surface area (Å²) in [5.41, 5.74) is 2.24. The van der Waals surface area contributed by atoms with Crippen molar-refractivity contribution in [3.05, 3.63) is 41.9 Å². The number of nitrogens with zero attached hydrogens (tertiary/aromatic N) is 2. The van der Waals surface area contributed by atoms with Gasteiger partial charge in [-0.25, -0.2) is 4.98 Å². The Labute approximate surface area is 143 Å². The SMILES string of the molecule is CCC1CCCCN1C(=O)CCc1ncc(-c2ccc(C)cc2)o1. The Balaban J connectivity index is 1.59. The molecule has 0 aliphatic carbocycles. The van der Waals surface area contributed by atoms with Gasteiger partial charge in [-0.05, 0) is 32.6 Å². The molecule has 4 heteroatoms. The number of aromatic nitrogens is 1. The number of amides is 1. The first-order valence-electron chi connectivity index (χ1n) is 8.98. The molecule has 1 aromatic heterocycles. The Kier molecular flexibility index (Phi) is 5.34. The minimum atomic E-state index is 0.233. The minimum absolute atomic E-state index is 0.233. The van der Waals surface area contributed by atoms with Crippen LogP contribution in [0.5, 0.6) is 0 Å². The molecule has 2 heterocycles. The molecule has 3 rings (SSSR count). The highest BCUT2D eigenvalue weighted by atomic mass is 16.4. The van der Waals surface area contributed by atoms with E-state index in [0.717, 1.165) is 37.1 Å². The van der Waals surface area contributed by atoms with E-state index in [0.29, 0.717) is 24.8 Å². The van der Waals surface area contributed by atoms with Gasteiger partial charge in [0.1, 0.15) is 0 Å². The summed E-state index contributed by atoms with van der Waals surface area (Å²) in [7, 11) is 0. The van der Waals surface area contributed by atoms with E-state index in [1.807, 2.05) is 12.1 Å². The first-order chi connectivity index (χ1) is 11.7. The number of likely N-dealkylation sites (tertiary alicyclic amines) is 1. The number of piperidine rings is 1. The van der Waals surface area contributed by atoms with Crippen LogP contribution in [-0.4, -0.2) is 28.4 Å². The van der Waals surface area contributed by atoms with Crippen LogP contribution in [0, 0.1) is 6.92 Å². The van der Waals surface area contributed by atoms with Crippen LogP contribution >= 0.6 is 0 Å². The average molecular weight is 326 g/mol. The van der Waals surface area contributed by atoms with E-state index in [9.17, 15) is 4.79 Å². The molecule has 1 atom stereocenters. The lowest BCUT2D eigenvalue weighted by atomic mass is 9.99. The van der Waals surface area contributed by atoms with Gasteiger partial charge in [0.25, 0.3) is 0 Å². The van der Waals surface area contributed by atoms with Gasteiger partial charge in [-0.15, -0.1) is 0 Å². The van der Waals surface area contributed by atoms with Crippen molar-refractivity contribution in [3.63, 3.8) is 0 Å². The summed E-state index contributed by atoms with van der Waals surface area (Å²) in [6.07, 6.45) is 7.34. The van der Waals surface area contributed by atoms with Crippen LogP contribution in [0.4, 0.5) is 0 Å². The van der Waals surface area contributed by atoms with Crippen LogP contribution in [0.2, 0.25) is 0 Å². The highest BCUT2D eigenvalue weighted by Crippen LogP contribution is 2.23. The molecule has 1 amide bonds. The smallest absolute Gasteiger partial charge is 0.223 e. The number of hydrogen-bond acceptors (Lipinski definition) is 3. The molecule has 128 valence electrons. The number of carbonyl (C=O) groups excluding carboxylic acids is 1. The first-order valence-corrected chi connectivity index (χ1v) is 8.98. The maximum Gasteiger partial charge on any atom is 0.223 e. The van der Waals surface area contributed by atoms with Crippen LogP contribution in [0.1, 0.15) is 50.5 Å². The number of carbonyl (C=O) groups is 1. The number of rotatable bonds is 5. The monoisotopic (exact) mass is 326 g/mol. The average Bonchev–Trinajstić information content (AvgIpc) is 3.09. The minimum Gasteiger partial charge on any atom is -0.441 e. The number of benzene rings is 1. The van der Waals surface area contributed by atoms with E-state index in [1.165, 1.54) is 12.0 Å². The summed E-state index contributed by atoms with van der Waals surface area (Å²) in [4.78, 5) is 18.9. The highest BCUT2D eigenvalue weighted by molar-refractivity contribution is 5.76. The van der Waals surface area contributed by atoms with E-state index in [2.05, 4.69) is 35.9 Å². The summed E-state index contributed by atoms with van der Waals surface area (Å²) in [5, 5.41) is 0. The second-order valence-corrected chi connectivity index (χ2v) is 6.63. The number of aryl methyl sites for hydroxylation is 2. The van der Waals surface area contributed by atoms with Gasteiger partial charge in [0.15, 0.2) is 11.7 Å². The molecular weight excluding hydrogens is 300 g/mol. The van der Waals surface area contributed by atoms with Crippen molar-refractivity contribution in [3.8, 4) is 11.3 Å². The quantitative estimate of drug-likeness (QED) is 0.819. The maximum atomic E-state index is 12.5. The Morgan fingerprint density at radius 1 is 1.29 bits per heavy atom. The molecule has 1 aliphatic rings. The molecule has 1 fully saturated rings. The number of oxazole rings is 1. The lowest BCUT2D eigenvalue weighted by molar-refractivity contribution is -0.135.